The molecule has 0 saturated carbocycles. The SMILES string of the molecule is O=C(O)CCC(Cc1ccccc1)NS(=O)(=O)Cc1ccc(F)c(Cl)c1. The first-order chi connectivity index (χ1) is 12.2. The molecule has 0 bridgehead atoms. The van der Waals surface area contributed by atoms with Crippen molar-refractivity contribution in [1.82, 2.24) is 4.72 Å². The lowest BCUT2D eigenvalue weighted by molar-refractivity contribution is -0.137. The van der Waals surface area contributed by atoms with Gasteiger partial charge in [0.1, 0.15) is 5.82 Å². The van der Waals surface area contributed by atoms with E-state index in [2.05, 4.69) is 4.72 Å². The van der Waals surface area contributed by atoms with Crippen molar-refractivity contribution >= 4 is 27.6 Å². The van der Waals surface area contributed by atoms with Gasteiger partial charge in [0.05, 0.1) is 10.8 Å². The van der Waals surface area contributed by atoms with E-state index in [0.29, 0.717) is 12.0 Å². The third-order valence-electron chi connectivity index (χ3n) is 3.72. The van der Waals surface area contributed by atoms with Crippen LogP contribution in [0.4, 0.5) is 4.39 Å². The summed E-state index contributed by atoms with van der Waals surface area (Å²) in [6.07, 6.45) is 0.382. The van der Waals surface area contributed by atoms with Gasteiger partial charge in [-0.1, -0.05) is 48.0 Å². The fraction of sp³-hybridized carbons (Fsp3) is 0.278. The largest absolute Gasteiger partial charge is 0.481 e. The second kappa shape index (κ2) is 9.12. The van der Waals surface area contributed by atoms with Crippen LogP contribution in [0.15, 0.2) is 48.5 Å². The number of carboxylic acids is 1. The first-order valence-corrected chi connectivity index (χ1v) is 9.98. The van der Waals surface area contributed by atoms with Gasteiger partial charge in [0.2, 0.25) is 10.0 Å². The van der Waals surface area contributed by atoms with Crippen LogP contribution < -0.4 is 4.72 Å². The fourth-order valence-corrected chi connectivity index (χ4v) is 4.16. The summed E-state index contributed by atoms with van der Waals surface area (Å²) < 4.78 is 40.7. The van der Waals surface area contributed by atoms with Gasteiger partial charge in [-0.2, -0.15) is 0 Å². The molecule has 0 spiro atoms. The van der Waals surface area contributed by atoms with Crippen LogP contribution >= 0.6 is 11.6 Å². The zero-order chi connectivity index (χ0) is 19.2. The number of rotatable bonds is 9. The summed E-state index contributed by atoms with van der Waals surface area (Å²) in [7, 11) is -3.76. The monoisotopic (exact) mass is 399 g/mol. The van der Waals surface area contributed by atoms with Gasteiger partial charge in [0, 0.05) is 12.5 Å². The number of benzene rings is 2. The van der Waals surface area contributed by atoms with E-state index in [-0.39, 0.29) is 23.6 Å². The van der Waals surface area contributed by atoms with Crippen molar-refractivity contribution < 1.29 is 22.7 Å². The Kier molecular flexibility index (Phi) is 7.14. The second-order valence-corrected chi connectivity index (χ2v) is 8.11. The minimum Gasteiger partial charge on any atom is -0.481 e. The minimum atomic E-state index is -3.76. The zero-order valence-corrected chi connectivity index (χ0v) is 15.4. The fourth-order valence-electron chi connectivity index (χ4n) is 2.54. The topological polar surface area (TPSA) is 83.5 Å². The summed E-state index contributed by atoms with van der Waals surface area (Å²) in [6.45, 7) is 0. The van der Waals surface area contributed by atoms with Crippen molar-refractivity contribution in [3.8, 4) is 0 Å². The van der Waals surface area contributed by atoms with E-state index >= 15 is 0 Å². The molecular weight excluding hydrogens is 381 g/mol. The maximum absolute atomic E-state index is 13.2. The molecule has 8 heteroatoms. The van der Waals surface area contributed by atoms with Crippen molar-refractivity contribution in [3.63, 3.8) is 0 Å². The van der Waals surface area contributed by atoms with Crippen LogP contribution in [0.1, 0.15) is 24.0 Å². The predicted molar refractivity (Wildman–Crippen MR) is 98.0 cm³/mol. The number of hydrogen-bond donors (Lipinski definition) is 2. The summed E-state index contributed by atoms with van der Waals surface area (Å²) in [5.74, 6) is -1.98. The molecule has 140 valence electrons. The molecule has 0 aliphatic carbocycles. The molecule has 2 N–H and O–H groups in total. The summed E-state index contributed by atoms with van der Waals surface area (Å²) in [5, 5.41) is 8.74. The molecule has 0 aromatic heterocycles. The third kappa shape index (κ3) is 6.74. The van der Waals surface area contributed by atoms with E-state index in [9.17, 15) is 17.6 Å². The molecule has 2 aromatic rings. The molecule has 0 radical (unpaired) electrons. The van der Waals surface area contributed by atoms with Gasteiger partial charge in [-0.05, 0) is 36.1 Å². The first kappa shape index (κ1) is 20.4. The Balaban J connectivity index is 2.10. The van der Waals surface area contributed by atoms with Gasteiger partial charge in [0.15, 0.2) is 0 Å². The summed E-state index contributed by atoms with van der Waals surface area (Å²) in [4.78, 5) is 10.9. The van der Waals surface area contributed by atoms with Crippen LogP contribution in [0.5, 0.6) is 0 Å². The van der Waals surface area contributed by atoms with E-state index in [1.54, 1.807) is 0 Å². The first-order valence-electron chi connectivity index (χ1n) is 7.95. The van der Waals surface area contributed by atoms with Crippen molar-refractivity contribution in [1.29, 1.82) is 0 Å². The number of carboxylic acid groups (broad SMARTS) is 1. The maximum Gasteiger partial charge on any atom is 0.303 e. The van der Waals surface area contributed by atoms with Gasteiger partial charge in [-0.3, -0.25) is 4.79 Å². The average molecular weight is 400 g/mol. The molecule has 1 unspecified atom stereocenters. The van der Waals surface area contributed by atoms with Crippen molar-refractivity contribution in [2.24, 2.45) is 0 Å². The Labute approximate surface area is 156 Å². The van der Waals surface area contributed by atoms with E-state index < -0.39 is 27.9 Å². The Bertz CT molecular complexity index is 859. The van der Waals surface area contributed by atoms with Crippen LogP contribution in [-0.4, -0.2) is 25.5 Å². The van der Waals surface area contributed by atoms with Crippen LogP contribution in [-0.2, 0) is 27.0 Å². The summed E-state index contributed by atoms with van der Waals surface area (Å²) in [5.41, 5.74) is 1.25. The van der Waals surface area contributed by atoms with Gasteiger partial charge in [0.25, 0.3) is 0 Å². The lowest BCUT2D eigenvalue weighted by Gasteiger charge is -2.18. The van der Waals surface area contributed by atoms with Crippen molar-refractivity contribution in [3.05, 3.63) is 70.5 Å². The zero-order valence-electron chi connectivity index (χ0n) is 13.9. The second-order valence-electron chi connectivity index (χ2n) is 5.94. The quantitative estimate of drug-likeness (QED) is 0.677. The molecule has 2 aromatic carbocycles. The highest BCUT2D eigenvalue weighted by Gasteiger charge is 2.20. The van der Waals surface area contributed by atoms with Crippen LogP contribution in [0, 0.1) is 5.82 Å². The number of nitrogens with one attached hydrogen (secondary N) is 1. The standard InChI is InChI=1S/C18H19ClFNO4S/c19-16-11-14(6-8-17(16)20)12-26(24,25)21-15(7-9-18(22)23)10-13-4-2-1-3-5-13/h1-6,8,11,15,21H,7,9-10,12H2,(H,22,23). The van der Waals surface area contributed by atoms with E-state index in [0.717, 1.165) is 11.6 Å². The lowest BCUT2D eigenvalue weighted by atomic mass is 10.0. The summed E-state index contributed by atoms with van der Waals surface area (Å²) >= 11 is 5.68. The van der Waals surface area contributed by atoms with Gasteiger partial charge in [-0.25, -0.2) is 17.5 Å². The molecule has 1 atom stereocenters. The Morgan fingerprint density at radius 1 is 1.15 bits per heavy atom. The van der Waals surface area contributed by atoms with E-state index in [1.807, 2.05) is 30.3 Å². The number of aliphatic carboxylic acids is 1. The Morgan fingerprint density at radius 3 is 2.46 bits per heavy atom. The normalized spacial score (nSPS) is 12.7. The third-order valence-corrected chi connectivity index (χ3v) is 5.41. The average Bonchev–Trinajstić information content (AvgIpc) is 2.56. The van der Waals surface area contributed by atoms with Crippen molar-refractivity contribution in [2.75, 3.05) is 0 Å². The maximum atomic E-state index is 13.2. The number of sulfonamides is 1. The van der Waals surface area contributed by atoms with Crippen LogP contribution in [0.2, 0.25) is 5.02 Å². The highest BCUT2D eigenvalue weighted by molar-refractivity contribution is 7.88. The molecule has 0 aliphatic heterocycles. The predicted octanol–water partition coefficient (Wildman–Crippen LogP) is 3.37. The molecule has 2 rings (SSSR count). The van der Waals surface area contributed by atoms with E-state index in [4.69, 9.17) is 16.7 Å². The van der Waals surface area contributed by atoms with Gasteiger partial charge < -0.3 is 5.11 Å². The molecule has 5 nitrogen and oxygen atoms in total. The van der Waals surface area contributed by atoms with Gasteiger partial charge >= 0.3 is 5.97 Å². The highest BCUT2D eigenvalue weighted by atomic mass is 35.5. The Morgan fingerprint density at radius 2 is 1.85 bits per heavy atom. The van der Waals surface area contributed by atoms with Gasteiger partial charge in [-0.15, -0.1) is 0 Å². The Hall–Kier alpha value is -1.96. The molecule has 0 saturated heterocycles. The van der Waals surface area contributed by atoms with Crippen molar-refractivity contribution in [2.45, 2.75) is 31.1 Å². The van der Waals surface area contributed by atoms with E-state index in [1.165, 1.54) is 12.1 Å². The lowest BCUT2D eigenvalue weighted by Crippen LogP contribution is -2.37. The molecule has 0 heterocycles. The molecule has 0 amide bonds. The number of halogens is 2. The smallest absolute Gasteiger partial charge is 0.303 e. The number of hydrogen-bond acceptors (Lipinski definition) is 3. The molecule has 0 fully saturated rings. The molecule has 26 heavy (non-hydrogen) atoms. The highest BCUT2D eigenvalue weighted by Crippen LogP contribution is 2.18. The van der Waals surface area contributed by atoms with Crippen LogP contribution in [0.25, 0.3) is 0 Å². The number of carbonyl (C=O) groups is 1. The van der Waals surface area contributed by atoms with Crippen LogP contribution in [0.3, 0.4) is 0 Å². The molecule has 0 aliphatic rings. The molecular formula is C18H19ClFNO4S. The minimum absolute atomic E-state index is 0.149. The summed E-state index contributed by atoms with van der Waals surface area (Å²) in [6, 6.07) is 12.4.